The Morgan fingerprint density at radius 3 is 2.50 bits per heavy atom. The Morgan fingerprint density at radius 1 is 0.929 bits per heavy atom. The Kier molecular flexibility index (Phi) is 6.11. The van der Waals surface area contributed by atoms with Gasteiger partial charge in [0.15, 0.2) is 6.61 Å². The molecule has 3 amide bonds. The number of hydrogen-bond acceptors (Lipinski definition) is 3. The Labute approximate surface area is 164 Å². The fourth-order valence-corrected chi connectivity index (χ4v) is 2.64. The maximum Gasteiger partial charge on any atom is 0.319 e. The summed E-state index contributed by atoms with van der Waals surface area (Å²) in [6.45, 7) is 0.324. The van der Waals surface area contributed by atoms with E-state index in [0.29, 0.717) is 12.3 Å². The summed E-state index contributed by atoms with van der Waals surface area (Å²) < 4.78 is 5.49. The molecule has 2 N–H and O–H groups in total. The first-order valence-corrected chi connectivity index (χ1v) is 8.97. The van der Waals surface area contributed by atoms with Crippen LogP contribution in [0.4, 0.5) is 10.5 Å². The molecule has 144 valence electrons. The number of rotatable bonds is 6. The minimum absolute atomic E-state index is 0.0215. The second-order valence-electron chi connectivity index (χ2n) is 6.59. The average molecular weight is 377 g/mol. The van der Waals surface area contributed by atoms with Crippen LogP contribution in [0.2, 0.25) is 0 Å². The molecule has 0 atom stereocenters. The maximum absolute atomic E-state index is 12.2. The van der Waals surface area contributed by atoms with Gasteiger partial charge in [0.05, 0.1) is 0 Å². The molecule has 0 saturated carbocycles. The largest absolute Gasteiger partial charge is 0.484 e. The van der Waals surface area contributed by atoms with Gasteiger partial charge in [-0.2, -0.15) is 0 Å². The number of fused-ring (bicyclic) bond motifs is 1. The number of hydrogen-bond donors (Lipinski definition) is 2. The van der Waals surface area contributed by atoms with Gasteiger partial charge in [-0.3, -0.25) is 4.79 Å². The van der Waals surface area contributed by atoms with Gasteiger partial charge in [0.2, 0.25) is 0 Å². The molecule has 0 aliphatic heterocycles. The molecule has 0 fully saturated rings. The fraction of sp³-hybridized carbons (Fsp3) is 0.182. The SMILES string of the molecule is CN(C)C(=O)COc1cccc(CNC(=O)Nc2ccc3ccccc3c2)c1. The topological polar surface area (TPSA) is 70.7 Å². The Bertz CT molecular complexity index is 985. The molecule has 0 bridgehead atoms. The highest BCUT2D eigenvalue weighted by molar-refractivity contribution is 5.93. The van der Waals surface area contributed by atoms with Crippen LogP contribution in [-0.4, -0.2) is 37.5 Å². The highest BCUT2D eigenvalue weighted by Crippen LogP contribution is 2.19. The first kappa shape index (κ1) is 19.2. The summed E-state index contributed by atoms with van der Waals surface area (Å²) in [6.07, 6.45) is 0. The van der Waals surface area contributed by atoms with Crippen molar-refractivity contribution in [3.05, 3.63) is 72.3 Å². The van der Waals surface area contributed by atoms with Crippen LogP contribution in [0.25, 0.3) is 10.8 Å². The predicted octanol–water partition coefficient (Wildman–Crippen LogP) is 3.63. The standard InChI is InChI=1S/C22H23N3O3/c1-25(2)21(26)15-28-20-9-5-6-16(12-20)14-23-22(27)24-19-11-10-17-7-3-4-8-18(17)13-19/h3-13H,14-15H2,1-2H3,(H2,23,24,27). The molecule has 0 spiro atoms. The number of carbonyl (C=O) groups excluding carboxylic acids is 2. The number of urea groups is 1. The second-order valence-corrected chi connectivity index (χ2v) is 6.59. The Hall–Kier alpha value is -3.54. The minimum Gasteiger partial charge on any atom is -0.484 e. The van der Waals surface area contributed by atoms with Gasteiger partial charge < -0.3 is 20.3 Å². The van der Waals surface area contributed by atoms with Crippen molar-refractivity contribution in [1.82, 2.24) is 10.2 Å². The zero-order valence-corrected chi connectivity index (χ0v) is 15.9. The lowest BCUT2D eigenvalue weighted by Gasteiger charge is -2.12. The normalized spacial score (nSPS) is 10.4. The quantitative estimate of drug-likeness (QED) is 0.689. The van der Waals surface area contributed by atoms with Crippen molar-refractivity contribution in [1.29, 1.82) is 0 Å². The van der Waals surface area contributed by atoms with Crippen LogP contribution in [0.15, 0.2) is 66.7 Å². The van der Waals surface area contributed by atoms with Gasteiger partial charge in [-0.25, -0.2) is 4.79 Å². The third-order valence-electron chi connectivity index (χ3n) is 4.22. The van der Waals surface area contributed by atoms with Crippen LogP contribution >= 0.6 is 0 Å². The molecule has 28 heavy (non-hydrogen) atoms. The number of ether oxygens (including phenoxy) is 1. The molecule has 0 saturated heterocycles. The van der Waals surface area contributed by atoms with E-state index in [-0.39, 0.29) is 18.5 Å². The summed E-state index contributed by atoms with van der Waals surface area (Å²) in [5, 5.41) is 7.86. The predicted molar refractivity (Wildman–Crippen MR) is 110 cm³/mol. The number of nitrogens with one attached hydrogen (secondary N) is 2. The van der Waals surface area contributed by atoms with Crippen molar-refractivity contribution < 1.29 is 14.3 Å². The number of nitrogens with zero attached hydrogens (tertiary/aromatic N) is 1. The fourth-order valence-electron chi connectivity index (χ4n) is 2.64. The molecular weight excluding hydrogens is 354 g/mol. The van der Waals surface area contributed by atoms with Crippen molar-refractivity contribution in [3.8, 4) is 5.75 Å². The van der Waals surface area contributed by atoms with E-state index in [2.05, 4.69) is 10.6 Å². The Balaban J connectivity index is 1.53. The summed E-state index contributed by atoms with van der Waals surface area (Å²) in [4.78, 5) is 25.3. The van der Waals surface area contributed by atoms with Gasteiger partial charge in [0, 0.05) is 26.3 Å². The summed E-state index contributed by atoms with van der Waals surface area (Å²) in [5.41, 5.74) is 1.61. The van der Waals surface area contributed by atoms with Gasteiger partial charge in [-0.05, 0) is 40.6 Å². The zero-order chi connectivity index (χ0) is 19.9. The van der Waals surface area contributed by atoms with Crippen LogP contribution in [-0.2, 0) is 11.3 Å². The first-order valence-electron chi connectivity index (χ1n) is 8.97. The van der Waals surface area contributed by atoms with Gasteiger partial charge in [0.25, 0.3) is 5.91 Å². The summed E-state index contributed by atoms with van der Waals surface area (Å²) >= 11 is 0. The molecule has 0 heterocycles. The van der Waals surface area contributed by atoms with Crippen LogP contribution in [0.3, 0.4) is 0 Å². The Morgan fingerprint density at radius 2 is 1.71 bits per heavy atom. The molecule has 3 rings (SSSR count). The zero-order valence-electron chi connectivity index (χ0n) is 15.9. The van der Waals surface area contributed by atoms with Crippen molar-refractivity contribution in [2.24, 2.45) is 0 Å². The van der Waals surface area contributed by atoms with Gasteiger partial charge in [0.1, 0.15) is 5.75 Å². The summed E-state index contributed by atoms with van der Waals surface area (Å²) in [5.74, 6) is 0.475. The lowest BCUT2D eigenvalue weighted by molar-refractivity contribution is -0.130. The number of carbonyl (C=O) groups is 2. The molecule has 0 radical (unpaired) electrons. The summed E-state index contributed by atoms with van der Waals surface area (Å²) in [6, 6.07) is 20.8. The number of anilines is 1. The molecule has 3 aromatic rings. The van der Waals surface area contributed by atoms with Crippen LogP contribution in [0.1, 0.15) is 5.56 Å². The highest BCUT2D eigenvalue weighted by Gasteiger charge is 2.06. The monoisotopic (exact) mass is 377 g/mol. The van der Waals surface area contributed by atoms with Crippen molar-refractivity contribution >= 4 is 28.4 Å². The van der Waals surface area contributed by atoms with Crippen LogP contribution < -0.4 is 15.4 Å². The van der Waals surface area contributed by atoms with E-state index in [4.69, 9.17) is 4.74 Å². The van der Waals surface area contributed by atoms with Gasteiger partial charge in [-0.1, -0.05) is 42.5 Å². The average Bonchev–Trinajstić information content (AvgIpc) is 2.70. The van der Waals surface area contributed by atoms with E-state index in [1.807, 2.05) is 54.6 Å². The van der Waals surface area contributed by atoms with E-state index < -0.39 is 0 Å². The smallest absolute Gasteiger partial charge is 0.319 e. The van der Waals surface area contributed by atoms with Crippen molar-refractivity contribution in [2.45, 2.75) is 6.54 Å². The first-order chi connectivity index (χ1) is 13.5. The summed E-state index contributed by atoms with van der Waals surface area (Å²) in [7, 11) is 3.36. The van der Waals surface area contributed by atoms with E-state index in [1.165, 1.54) is 4.90 Å². The second kappa shape index (κ2) is 8.90. The lowest BCUT2D eigenvalue weighted by Crippen LogP contribution is -2.28. The van der Waals surface area contributed by atoms with Crippen LogP contribution in [0, 0.1) is 0 Å². The number of benzene rings is 3. The van der Waals surface area contributed by atoms with E-state index >= 15 is 0 Å². The maximum atomic E-state index is 12.2. The molecule has 0 aliphatic carbocycles. The number of likely N-dealkylation sites (N-methyl/N-ethyl adjacent to an activating group) is 1. The lowest BCUT2D eigenvalue weighted by atomic mass is 10.1. The highest BCUT2D eigenvalue weighted by atomic mass is 16.5. The number of amides is 3. The molecule has 6 nitrogen and oxygen atoms in total. The molecular formula is C22H23N3O3. The third kappa shape index (κ3) is 5.23. The molecule has 3 aromatic carbocycles. The van der Waals surface area contributed by atoms with Crippen molar-refractivity contribution in [3.63, 3.8) is 0 Å². The van der Waals surface area contributed by atoms with Crippen molar-refractivity contribution in [2.75, 3.05) is 26.0 Å². The van der Waals surface area contributed by atoms with Crippen LogP contribution in [0.5, 0.6) is 5.75 Å². The molecule has 0 aliphatic rings. The molecule has 0 unspecified atom stereocenters. The van der Waals surface area contributed by atoms with E-state index in [0.717, 1.165) is 22.0 Å². The van der Waals surface area contributed by atoms with E-state index in [9.17, 15) is 9.59 Å². The van der Waals surface area contributed by atoms with Gasteiger partial charge >= 0.3 is 6.03 Å². The molecule has 0 aromatic heterocycles. The van der Waals surface area contributed by atoms with Gasteiger partial charge in [-0.15, -0.1) is 0 Å². The molecule has 6 heteroatoms. The minimum atomic E-state index is -0.288. The van der Waals surface area contributed by atoms with E-state index in [1.54, 1.807) is 26.2 Å². The third-order valence-corrected chi connectivity index (χ3v) is 4.22.